The van der Waals surface area contributed by atoms with E-state index in [0.717, 1.165) is 16.3 Å². The number of hydrogen-bond donors (Lipinski definition) is 0. The molecular formula is C25H27NO3S. The van der Waals surface area contributed by atoms with Gasteiger partial charge in [-0.2, -0.15) is 0 Å². The third-order valence-electron chi connectivity index (χ3n) is 5.26. The molecule has 0 spiro atoms. The van der Waals surface area contributed by atoms with Gasteiger partial charge in [-0.1, -0.05) is 36.4 Å². The molecule has 4 nitrogen and oxygen atoms in total. The van der Waals surface area contributed by atoms with Gasteiger partial charge in [0.15, 0.2) is 6.61 Å². The molecule has 30 heavy (non-hydrogen) atoms. The van der Waals surface area contributed by atoms with Crippen LogP contribution in [0, 0.1) is 27.7 Å². The van der Waals surface area contributed by atoms with Crippen LogP contribution in [0.3, 0.4) is 0 Å². The lowest BCUT2D eigenvalue weighted by atomic mass is 10.1. The third kappa shape index (κ3) is 5.42. The molecule has 1 aromatic heterocycles. The van der Waals surface area contributed by atoms with Crippen molar-refractivity contribution in [2.24, 2.45) is 0 Å². The fourth-order valence-corrected chi connectivity index (χ4v) is 4.10. The number of carbonyl (C=O) groups excluding carboxylic acids is 2. The number of ketones is 1. The lowest BCUT2D eigenvalue weighted by molar-refractivity contribution is -0.139. The first-order valence-corrected chi connectivity index (χ1v) is 10.9. The zero-order chi connectivity index (χ0) is 21.7. The van der Waals surface area contributed by atoms with Crippen LogP contribution in [-0.2, 0) is 16.1 Å². The number of thioether (sulfide) groups is 1. The maximum absolute atomic E-state index is 12.6. The molecule has 3 rings (SSSR count). The fourth-order valence-electron chi connectivity index (χ4n) is 3.30. The van der Waals surface area contributed by atoms with E-state index in [4.69, 9.17) is 4.74 Å². The molecule has 1 heterocycles. The van der Waals surface area contributed by atoms with Gasteiger partial charge >= 0.3 is 5.97 Å². The molecule has 0 radical (unpaired) electrons. The zero-order valence-corrected chi connectivity index (χ0v) is 18.7. The molecule has 0 fully saturated rings. The molecule has 3 aromatic rings. The molecule has 0 amide bonds. The molecule has 0 N–H and O–H groups in total. The minimum atomic E-state index is -0.385. The molecular weight excluding hydrogens is 394 g/mol. The number of ether oxygens (including phenoxy) is 1. The van der Waals surface area contributed by atoms with Gasteiger partial charge in [-0.15, -0.1) is 11.8 Å². The number of Topliss-reactive ketones (excluding diaryl/α,β-unsaturated/α-hetero) is 1. The van der Waals surface area contributed by atoms with Crippen molar-refractivity contribution >= 4 is 23.5 Å². The van der Waals surface area contributed by atoms with Crippen LogP contribution >= 0.6 is 11.8 Å². The zero-order valence-electron chi connectivity index (χ0n) is 17.9. The van der Waals surface area contributed by atoms with Crippen LogP contribution in [0.5, 0.6) is 0 Å². The molecule has 5 heteroatoms. The number of aryl methyl sites for hydroxylation is 3. The summed E-state index contributed by atoms with van der Waals surface area (Å²) in [7, 11) is 0. The molecule has 0 saturated heterocycles. The lowest BCUT2D eigenvalue weighted by Gasteiger charge is -2.10. The molecule has 2 aromatic carbocycles. The molecule has 0 aliphatic carbocycles. The summed E-state index contributed by atoms with van der Waals surface area (Å²) < 4.78 is 7.35. The van der Waals surface area contributed by atoms with Crippen LogP contribution in [0.4, 0.5) is 0 Å². The van der Waals surface area contributed by atoms with Crippen molar-refractivity contribution in [1.82, 2.24) is 4.57 Å². The highest BCUT2D eigenvalue weighted by Gasteiger charge is 2.17. The Morgan fingerprint density at radius 3 is 2.37 bits per heavy atom. The van der Waals surface area contributed by atoms with Gasteiger partial charge in [-0.3, -0.25) is 9.59 Å². The van der Waals surface area contributed by atoms with Crippen LogP contribution in [0.2, 0.25) is 0 Å². The summed E-state index contributed by atoms with van der Waals surface area (Å²) in [5, 5.41) is 0. The van der Waals surface area contributed by atoms with E-state index in [1.165, 1.54) is 28.5 Å². The first-order valence-electron chi connectivity index (χ1n) is 9.94. The summed E-state index contributed by atoms with van der Waals surface area (Å²) in [4.78, 5) is 25.8. The third-order valence-corrected chi connectivity index (χ3v) is 6.22. The minimum absolute atomic E-state index is 0.174. The predicted molar refractivity (Wildman–Crippen MR) is 121 cm³/mol. The average Bonchev–Trinajstić information content (AvgIpc) is 3.02. The van der Waals surface area contributed by atoms with E-state index in [0.29, 0.717) is 12.1 Å². The van der Waals surface area contributed by atoms with Crippen molar-refractivity contribution in [2.45, 2.75) is 39.1 Å². The highest BCUT2D eigenvalue weighted by molar-refractivity contribution is 8.00. The SMILES string of the molecule is Cc1ccc(SCC(=O)OCC(=O)c2cc(C)n(Cc3ccccc3)c2C)cc1C. The Kier molecular flexibility index (Phi) is 7.16. The summed E-state index contributed by atoms with van der Waals surface area (Å²) in [6.07, 6.45) is 0. The topological polar surface area (TPSA) is 48.3 Å². The maximum atomic E-state index is 12.6. The fraction of sp³-hybridized carbons (Fsp3) is 0.280. The number of rotatable bonds is 8. The van der Waals surface area contributed by atoms with Gasteiger partial charge in [-0.25, -0.2) is 0 Å². The molecule has 0 unspecified atom stereocenters. The smallest absolute Gasteiger partial charge is 0.316 e. The summed E-state index contributed by atoms with van der Waals surface area (Å²) in [5.74, 6) is -0.375. The van der Waals surface area contributed by atoms with Crippen molar-refractivity contribution in [3.8, 4) is 0 Å². The Bertz CT molecular complexity index is 1050. The first kappa shape index (κ1) is 21.9. The molecule has 0 bridgehead atoms. The normalized spacial score (nSPS) is 10.8. The number of benzene rings is 2. The monoisotopic (exact) mass is 421 g/mol. The lowest BCUT2D eigenvalue weighted by Crippen LogP contribution is -2.16. The first-order chi connectivity index (χ1) is 14.3. The van der Waals surface area contributed by atoms with Crippen LogP contribution in [0.25, 0.3) is 0 Å². The largest absolute Gasteiger partial charge is 0.457 e. The van der Waals surface area contributed by atoms with Crippen LogP contribution in [0.1, 0.15) is 38.4 Å². The summed E-state index contributed by atoms with van der Waals surface area (Å²) in [6.45, 7) is 8.49. The minimum Gasteiger partial charge on any atom is -0.457 e. The maximum Gasteiger partial charge on any atom is 0.316 e. The average molecular weight is 422 g/mol. The van der Waals surface area contributed by atoms with Gasteiger partial charge in [0.1, 0.15) is 0 Å². The van der Waals surface area contributed by atoms with E-state index in [2.05, 4.69) is 29.7 Å². The number of nitrogens with zero attached hydrogens (tertiary/aromatic N) is 1. The second kappa shape index (κ2) is 9.81. The van der Waals surface area contributed by atoms with Crippen LogP contribution in [-0.4, -0.2) is 28.7 Å². The highest BCUT2D eigenvalue weighted by Crippen LogP contribution is 2.21. The summed E-state index contributed by atoms with van der Waals surface area (Å²) in [5.41, 5.74) is 6.09. The second-order valence-corrected chi connectivity index (χ2v) is 8.52. The molecule has 156 valence electrons. The molecule has 0 aliphatic heterocycles. The number of esters is 1. The Hall–Kier alpha value is -2.79. The highest BCUT2D eigenvalue weighted by atomic mass is 32.2. The van der Waals surface area contributed by atoms with Gasteiger partial charge in [0.25, 0.3) is 0 Å². The Morgan fingerprint density at radius 2 is 1.67 bits per heavy atom. The number of aromatic nitrogens is 1. The Balaban J connectivity index is 1.56. The quantitative estimate of drug-likeness (QED) is 0.282. The van der Waals surface area contributed by atoms with E-state index < -0.39 is 0 Å². The molecule has 0 atom stereocenters. The molecule has 0 aliphatic rings. The van der Waals surface area contributed by atoms with Gasteiger partial charge in [0.05, 0.1) is 5.75 Å². The van der Waals surface area contributed by atoms with E-state index in [1.807, 2.05) is 57.2 Å². The van der Waals surface area contributed by atoms with Crippen molar-refractivity contribution in [1.29, 1.82) is 0 Å². The van der Waals surface area contributed by atoms with Crippen LogP contribution in [0.15, 0.2) is 59.5 Å². The van der Waals surface area contributed by atoms with Gasteiger partial charge in [0, 0.05) is 28.4 Å². The summed E-state index contributed by atoms with van der Waals surface area (Å²) >= 11 is 1.42. The van der Waals surface area contributed by atoms with Crippen molar-refractivity contribution < 1.29 is 14.3 Å². The van der Waals surface area contributed by atoms with Crippen molar-refractivity contribution in [2.75, 3.05) is 12.4 Å². The van der Waals surface area contributed by atoms with Gasteiger partial charge in [0.2, 0.25) is 5.78 Å². The molecule has 0 saturated carbocycles. The van der Waals surface area contributed by atoms with E-state index in [9.17, 15) is 9.59 Å². The van der Waals surface area contributed by atoms with Crippen molar-refractivity contribution in [3.63, 3.8) is 0 Å². The Labute approximate surface area is 182 Å². The van der Waals surface area contributed by atoms with E-state index in [-0.39, 0.29) is 24.1 Å². The van der Waals surface area contributed by atoms with Crippen LogP contribution < -0.4 is 0 Å². The van der Waals surface area contributed by atoms with Gasteiger partial charge in [-0.05, 0) is 62.6 Å². The predicted octanol–water partition coefficient (Wildman–Crippen LogP) is 5.29. The van der Waals surface area contributed by atoms with E-state index in [1.54, 1.807) is 0 Å². The second-order valence-electron chi connectivity index (χ2n) is 7.48. The van der Waals surface area contributed by atoms with Gasteiger partial charge < -0.3 is 9.30 Å². The van der Waals surface area contributed by atoms with Crippen molar-refractivity contribution in [3.05, 3.63) is 88.2 Å². The number of carbonyl (C=O) groups is 2. The Morgan fingerprint density at radius 1 is 0.933 bits per heavy atom. The standard InChI is InChI=1S/C25H27NO3S/c1-17-10-11-22(12-18(17)2)30-16-25(28)29-15-24(27)23-13-19(3)26(20(23)4)14-21-8-6-5-7-9-21/h5-13H,14-16H2,1-4H3. The summed E-state index contributed by atoms with van der Waals surface area (Å²) in [6, 6.07) is 18.1. The number of hydrogen-bond acceptors (Lipinski definition) is 4. The van der Waals surface area contributed by atoms with E-state index >= 15 is 0 Å².